The van der Waals surface area contributed by atoms with E-state index in [1.54, 1.807) is 0 Å². The first-order valence-corrected chi connectivity index (χ1v) is 7.99. The SMILES string of the molecule is CCC(CC)(C(NN)C1CCCC1)N1CCCC1. The third-order valence-electron chi connectivity index (χ3n) is 5.59. The van der Waals surface area contributed by atoms with E-state index in [9.17, 15) is 0 Å². The molecule has 2 fully saturated rings. The average Bonchev–Trinajstić information content (AvgIpc) is 3.08. The second kappa shape index (κ2) is 6.36. The van der Waals surface area contributed by atoms with E-state index >= 15 is 0 Å². The molecule has 0 amide bonds. The highest BCUT2D eigenvalue weighted by Crippen LogP contribution is 2.39. The van der Waals surface area contributed by atoms with E-state index in [0.29, 0.717) is 11.6 Å². The fraction of sp³-hybridized carbons (Fsp3) is 1.00. The largest absolute Gasteiger partial charge is 0.296 e. The van der Waals surface area contributed by atoms with Crippen LogP contribution in [0, 0.1) is 5.92 Å². The van der Waals surface area contributed by atoms with Gasteiger partial charge in [-0.1, -0.05) is 26.7 Å². The van der Waals surface area contributed by atoms with Crippen molar-refractivity contribution in [2.24, 2.45) is 11.8 Å². The van der Waals surface area contributed by atoms with E-state index in [2.05, 4.69) is 24.2 Å². The van der Waals surface area contributed by atoms with Gasteiger partial charge in [-0.25, -0.2) is 0 Å². The minimum atomic E-state index is 0.292. The maximum atomic E-state index is 5.98. The van der Waals surface area contributed by atoms with Gasteiger partial charge >= 0.3 is 0 Å². The summed E-state index contributed by atoms with van der Waals surface area (Å²) in [5.41, 5.74) is 3.51. The molecule has 1 heterocycles. The number of nitrogens with zero attached hydrogens (tertiary/aromatic N) is 1. The highest BCUT2D eigenvalue weighted by Gasteiger charge is 2.45. The molecule has 2 rings (SSSR count). The Morgan fingerprint density at radius 2 is 1.67 bits per heavy atom. The molecular weight excluding hydrogens is 222 g/mol. The Kier molecular flexibility index (Phi) is 5.05. The van der Waals surface area contributed by atoms with Gasteiger partial charge in [-0.15, -0.1) is 0 Å². The van der Waals surface area contributed by atoms with Crippen LogP contribution < -0.4 is 11.3 Å². The topological polar surface area (TPSA) is 41.3 Å². The lowest BCUT2D eigenvalue weighted by molar-refractivity contribution is 0.0381. The minimum absolute atomic E-state index is 0.292. The van der Waals surface area contributed by atoms with Crippen molar-refractivity contribution in [2.45, 2.75) is 76.8 Å². The van der Waals surface area contributed by atoms with Crippen LogP contribution in [-0.2, 0) is 0 Å². The van der Waals surface area contributed by atoms with Crippen molar-refractivity contribution in [2.75, 3.05) is 13.1 Å². The molecule has 0 bridgehead atoms. The van der Waals surface area contributed by atoms with E-state index in [0.717, 1.165) is 5.92 Å². The third-order valence-corrected chi connectivity index (χ3v) is 5.59. The number of likely N-dealkylation sites (tertiary alicyclic amines) is 1. The van der Waals surface area contributed by atoms with E-state index in [1.165, 1.54) is 64.5 Å². The summed E-state index contributed by atoms with van der Waals surface area (Å²) in [6.45, 7) is 7.24. The fourth-order valence-electron chi connectivity index (χ4n) is 4.52. The van der Waals surface area contributed by atoms with Crippen molar-refractivity contribution in [1.29, 1.82) is 0 Å². The zero-order valence-electron chi connectivity index (χ0n) is 12.3. The van der Waals surface area contributed by atoms with Gasteiger partial charge in [0.05, 0.1) is 0 Å². The Morgan fingerprint density at radius 3 is 2.11 bits per heavy atom. The van der Waals surface area contributed by atoms with Crippen molar-refractivity contribution in [3.63, 3.8) is 0 Å². The van der Waals surface area contributed by atoms with Crippen LogP contribution in [0.2, 0.25) is 0 Å². The second-order valence-electron chi connectivity index (χ2n) is 6.19. The van der Waals surface area contributed by atoms with E-state index in [4.69, 9.17) is 5.84 Å². The van der Waals surface area contributed by atoms with Gasteiger partial charge in [0.15, 0.2) is 0 Å². The first-order valence-electron chi connectivity index (χ1n) is 7.99. The molecule has 1 saturated carbocycles. The van der Waals surface area contributed by atoms with Crippen molar-refractivity contribution in [3.05, 3.63) is 0 Å². The van der Waals surface area contributed by atoms with Gasteiger partial charge in [-0.3, -0.25) is 16.2 Å². The summed E-state index contributed by atoms with van der Waals surface area (Å²) in [5, 5.41) is 0. The molecule has 0 radical (unpaired) electrons. The number of hydrazine groups is 1. The number of rotatable bonds is 6. The van der Waals surface area contributed by atoms with Crippen LogP contribution in [0.1, 0.15) is 65.2 Å². The first kappa shape index (κ1) is 14.3. The zero-order valence-corrected chi connectivity index (χ0v) is 12.3. The van der Waals surface area contributed by atoms with Gasteiger partial charge in [-0.2, -0.15) is 0 Å². The van der Waals surface area contributed by atoms with Crippen LogP contribution >= 0.6 is 0 Å². The minimum Gasteiger partial charge on any atom is -0.296 e. The Bertz CT molecular complexity index is 238. The normalized spacial score (nSPS) is 24.8. The summed E-state index contributed by atoms with van der Waals surface area (Å²) < 4.78 is 0. The lowest BCUT2D eigenvalue weighted by Gasteiger charge is -2.49. The molecule has 0 spiro atoms. The fourth-order valence-corrected chi connectivity index (χ4v) is 4.52. The predicted octanol–water partition coefficient (Wildman–Crippen LogP) is 2.66. The average molecular weight is 253 g/mol. The molecule has 3 N–H and O–H groups in total. The molecule has 1 aliphatic heterocycles. The summed E-state index contributed by atoms with van der Waals surface area (Å²) in [7, 11) is 0. The molecule has 1 unspecified atom stereocenters. The lowest BCUT2D eigenvalue weighted by atomic mass is 9.76. The Morgan fingerprint density at radius 1 is 1.11 bits per heavy atom. The highest BCUT2D eigenvalue weighted by molar-refractivity contribution is 5.03. The third kappa shape index (κ3) is 2.45. The van der Waals surface area contributed by atoms with Gasteiger partial charge in [0.2, 0.25) is 0 Å². The molecule has 1 atom stereocenters. The molecule has 106 valence electrons. The summed E-state index contributed by atoms with van der Waals surface area (Å²) in [6, 6.07) is 0.480. The van der Waals surface area contributed by atoms with Gasteiger partial charge in [-0.05, 0) is 57.5 Å². The van der Waals surface area contributed by atoms with Crippen LogP contribution in [0.25, 0.3) is 0 Å². The standard InChI is InChI=1S/C15H31N3/c1-3-15(4-2,18-11-7-8-12-18)14(17-16)13-9-5-6-10-13/h13-14,17H,3-12,16H2,1-2H3. The maximum Gasteiger partial charge on any atom is 0.0422 e. The van der Waals surface area contributed by atoms with Crippen LogP contribution in [0.15, 0.2) is 0 Å². The summed E-state index contributed by atoms with van der Waals surface area (Å²) in [4.78, 5) is 2.73. The van der Waals surface area contributed by atoms with Crippen LogP contribution in [0.3, 0.4) is 0 Å². The summed E-state index contributed by atoms with van der Waals surface area (Å²) >= 11 is 0. The van der Waals surface area contributed by atoms with Crippen molar-refractivity contribution in [3.8, 4) is 0 Å². The quantitative estimate of drug-likeness (QED) is 0.565. The lowest BCUT2D eigenvalue weighted by Crippen LogP contribution is -2.64. The van der Waals surface area contributed by atoms with E-state index < -0.39 is 0 Å². The Balaban J connectivity index is 2.19. The van der Waals surface area contributed by atoms with Gasteiger partial charge in [0.1, 0.15) is 0 Å². The number of hydrogen-bond acceptors (Lipinski definition) is 3. The highest BCUT2D eigenvalue weighted by atomic mass is 15.3. The van der Waals surface area contributed by atoms with Crippen LogP contribution in [-0.4, -0.2) is 29.6 Å². The molecular formula is C15H31N3. The Hall–Kier alpha value is -0.120. The molecule has 1 saturated heterocycles. The second-order valence-corrected chi connectivity index (χ2v) is 6.19. The molecule has 3 heteroatoms. The molecule has 2 aliphatic rings. The predicted molar refractivity (Wildman–Crippen MR) is 77.2 cm³/mol. The monoisotopic (exact) mass is 253 g/mol. The van der Waals surface area contributed by atoms with Crippen LogP contribution in [0.4, 0.5) is 0 Å². The smallest absolute Gasteiger partial charge is 0.0422 e. The molecule has 0 aromatic heterocycles. The first-order chi connectivity index (χ1) is 8.78. The van der Waals surface area contributed by atoms with E-state index in [1.807, 2.05) is 0 Å². The van der Waals surface area contributed by atoms with Gasteiger partial charge in [0, 0.05) is 11.6 Å². The van der Waals surface area contributed by atoms with Gasteiger partial charge < -0.3 is 0 Å². The molecule has 0 aromatic carbocycles. The van der Waals surface area contributed by atoms with Gasteiger partial charge in [0.25, 0.3) is 0 Å². The maximum absolute atomic E-state index is 5.98. The van der Waals surface area contributed by atoms with E-state index in [-0.39, 0.29) is 0 Å². The molecule has 18 heavy (non-hydrogen) atoms. The molecule has 3 nitrogen and oxygen atoms in total. The number of hydrogen-bond donors (Lipinski definition) is 2. The van der Waals surface area contributed by atoms with Crippen molar-refractivity contribution in [1.82, 2.24) is 10.3 Å². The number of nitrogens with one attached hydrogen (secondary N) is 1. The number of nitrogens with two attached hydrogens (primary N) is 1. The van der Waals surface area contributed by atoms with Crippen molar-refractivity contribution < 1.29 is 0 Å². The Labute approximate surface area is 112 Å². The van der Waals surface area contributed by atoms with Crippen molar-refractivity contribution >= 4 is 0 Å². The molecule has 0 aromatic rings. The van der Waals surface area contributed by atoms with Crippen LogP contribution in [0.5, 0.6) is 0 Å². The summed E-state index contributed by atoms with van der Waals surface area (Å²) in [5.74, 6) is 6.77. The zero-order chi connectivity index (χ0) is 13.0. The molecule has 1 aliphatic carbocycles. The summed E-state index contributed by atoms with van der Waals surface area (Å²) in [6.07, 6.45) is 10.7.